The van der Waals surface area contributed by atoms with Crippen molar-refractivity contribution in [3.8, 4) is 0 Å². The van der Waals surface area contributed by atoms with Gasteiger partial charge in [0.2, 0.25) is 5.91 Å². The summed E-state index contributed by atoms with van der Waals surface area (Å²) in [5, 5.41) is 15.0. The van der Waals surface area contributed by atoms with E-state index in [1.165, 1.54) is 12.8 Å². The van der Waals surface area contributed by atoms with Crippen LogP contribution in [-0.2, 0) is 18.3 Å². The molecule has 6 heteroatoms. The van der Waals surface area contributed by atoms with E-state index < -0.39 is 6.10 Å². The van der Waals surface area contributed by atoms with E-state index in [2.05, 4.69) is 10.00 Å². The topological polar surface area (TPSA) is 61.6 Å². The van der Waals surface area contributed by atoms with Crippen LogP contribution in [0.15, 0.2) is 12.3 Å². The monoisotopic (exact) mass is 334 g/mol. The minimum atomic E-state index is -0.428. The Bertz CT molecular complexity index is 553. The van der Waals surface area contributed by atoms with Gasteiger partial charge < -0.3 is 10.0 Å². The molecule has 2 fully saturated rings. The summed E-state index contributed by atoms with van der Waals surface area (Å²) in [5.41, 5.74) is 1.07. The third kappa shape index (κ3) is 3.64. The Morgan fingerprint density at radius 3 is 2.75 bits per heavy atom. The van der Waals surface area contributed by atoms with Crippen LogP contribution in [0.25, 0.3) is 0 Å². The van der Waals surface area contributed by atoms with Crippen molar-refractivity contribution in [3.05, 3.63) is 18.0 Å². The number of aryl methyl sites for hydroxylation is 2. The van der Waals surface area contributed by atoms with Crippen LogP contribution in [0.5, 0.6) is 0 Å². The Morgan fingerprint density at radius 1 is 1.33 bits per heavy atom. The van der Waals surface area contributed by atoms with Crippen LogP contribution in [0.1, 0.15) is 44.2 Å². The lowest BCUT2D eigenvalue weighted by molar-refractivity contribution is -0.137. The number of nitrogens with zero attached hydrogens (tertiary/aromatic N) is 4. The number of aliphatic hydroxyl groups excluding tert-OH is 1. The molecule has 2 heterocycles. The number of amides is 1. The van der Waals surface area contributed by atoms with Crippen molar-refractivity contribution >= 4 is 5.91 Å². The Morgan fingerprint density at radius 2 is 2.08 bits per heavy atom. The van der Waals surface area contributed by atoms with Crippen molar-refractivity contribution in [3.63, 3.8) is 0 Å². The van der Waals surface area contributed by atoms with E-state index in [0.717, 1.165) is 38.0 Å². The second-order valence-corrected chi connectivity index (χ2v) is 7.25. The van der Waals surface area contributed by atoms with Crippen LogP contribution in [0, 0.1) is 0 Å². The SMILES string of the molecule is CN(C(=O)CCc1ccnn1C)[C@@H]1CCC[C@@H](N2CCCC2)[C@@H]1O. The van der Waals surface area contributed by atoms with Crippen LogP contribution in [0.2, 0.25) is 0 Å². The number of aliphatic hydroxyl groups is 1. The van der Waals surface area contributed by atoms with Gasteiger partial charge in [0, 0.05) is 38.4 Å². The lowest BCUT2D eigenvalue weighted by Gasteiger charge is -2.43. The van der Waals surface area contributed by atoms with Gasteiger partial charge in [-0.3, -0.25) is 14.4 Å². The molecule has 24 heavy (non-hydrogen) atoms. The molecule has 0 radical (unpaired) electrons. The Kier molecular flexibility index (Phi) is 5.56. The molecular weight excluding hydrogens is 304 g/mol. The zero-order valence-corrected chi connectivity index (χ0v) is 14.9. The first-order valence-electron chi connectivity index (χ1n) is 9.22. The maximum absolute atomic E-state index is 12.6. The number of likely N-dealkylation sites (N-methyl/N-ethyl adjacent to an activating group) is 1. The quantitative estimate of drug-likeness (QED) is 0.879. The zero-order chi connectivity index (χ0) is 17.1. The fraction of sp³-hybridized carbons (Fsp3) is 0.778. The first-order valence-corrected chi connectivity index (χ1v) is 9.22. The number of carbonyl (C=O) groups is 1. The Hall–Kier alpha value is -1.40. The highest BCUT2D eigenvalue weighted by molar-refractivity contribution is 5.76. The highest BCUT2D eigenvalue weighted by atomic mass is 16.3. The van der Waals surface area contributed by atoms with Gasteiger partial charge in [-0.2, -0.15) is 5.10 Å². The van der Waals surface area contributed by atoms with Gasteiger partial charge in [0.05, 0.1) is 12.1 Å². The summed E-state index contributed by atoms with van der Waals surface area (Å²) >= 11 is 0. The number of aromatic nitrogens is 2. The van der Waals surface area contributed by atoms with Gasteiger partial charge in [-0.25, -0.2) is 0 Å². The van der Waals surface area contributed by atoms with Gasteiger partial charge in [-0.1, -0.05) is 0 Å². The standard InChI is InChI=1S/C18H30N4O2/c1-20(17(23)9-8-14-10-11-19-21(14)2)15-6-5-7-16(18(15)24)22-12-3-4-13-22/h10-11,15-16,18,24H,3-9,12-13H2,1-2H3/t15-,16-,18-/m1/s1. The maximum atomic E-state index is 12.6. The lowest BCUT2D eigenvalue weighted by Crippen LogP contribution is -2.56. The maximum Gasteiger partial charge on any atom is 0.223 e. The van der Waals surface area contributed by atoms with Gasteiger partial charge >= 0.3 is 0 Å². The molecule has 0 spiro atoms. The fourth-order valence-corrected chi connectivity index (χ4v) is 4.27. The summed E-state index contributed by atoms with van der Waals surface area (Å²) in [6.07, 6.45) is 7.99. The average Bonchev–Trinajstić information content (AvgIpc) is 3.24. The smallest absolute Gasteiger partial charge is 0.223 e. The molecule has 6 nitrogen and oxygen atoms in total. The van der Waals surface area contributed by atoms with Crippen LogP contribution < -0.4 is 0 Å². The van der Waals surface area contributed by atoms with E-state index in [1.54, 1.807) is 11.1 Å². The van der Waals surface area contributed by atoms with Gasteiger partial charge in [0.25, 0.3) is 0 Å². The third-order valence-electron chi connectivity index (χ3n) is 5.81. The van der Waals surface area contributed by atoms with Gasteiger partial charge in [-0.15, -0.1) is 0 Å². The molecule has 1 aromatic rings. The lowest BCUT2D eigenvalue weighted by atomic mass is 9.86. The summed E-state index contributed by atoms with van der Waals surface area (Å²) in [7, 11) is 3.75. The van der Waals surface area contributed by atoms with E-state index in [4.69, 9.17) is 0 Å². The van der Waals surface area contributed by atoms with Gasteiger partial charge in [-0.05, 0) is 57.7 Å². The summed E-state index contributed by atoms with van der Waals surface area (Å²) in [6.45, 7) is 2.18. The molecule has 1 saturated carbocycles. The van der Waals surface area contributed by atoms with Crippen molar-refractivity contribution in [1.82, 2.24) is 19.6 Å². The average molecular weight is 334 g/mol. The highest BCUT2D eigenvalue weighted by Crippen LogP contribution is 2.29. The van der Waals surface area contributed by atoms with E-state index in [9.17, 15) is 9.90 Å². The van der Waals surface area contributed by atoms with Crippen LogP contribution in [0.3, 0.4) is 0 Å². The highest BCUT2D eigenvalue weighted by Gasteiger charge is 2.39. The molecule has 1 aromatic heterocycles. The van der Waals surface area contributed by atoms with Crippen molar-refractivity contribution in [2.75, 3.05) is 20.1 Å². The second kappa shape index (κ2) is 7.66. The summed E-state index contributed by atoms with van der Waals surface area (Å²) < 4.78 is 1.81. The molecule has 1 aliphatic heterocycles. The molecule has 0 bridgehead atoms. The Balaban J connectivity index is 1.57. The number of hydrogen-bond donors (Lipinski definition) is 1. The van der Waals surface area contributed by atoms with Crippen molar-refractivity contribution in [2.24, 2.45) is 7.05 Å². The van der Waals surface area contributed by atoms with Gasteiger partial charge in [0.15, 0.2) is 0 Å². The van der Waals surface area contributed by atoms with E-state index in [1.807, 2.05) is 24.8 Å². The second-order valence-electron chi connectivity index (χ2n) is 7.25. The normalized spacial score (nSPS) is 28.2. The number of hydrogen-bond acceptors (Lipinski definition) is 4. The van der Waals surface area contributed by atoms with E-state index in [0.29, 0.717) is 12.8 Å². The molecule has 1 saturated heterocycles. The van der Waals surface area contributed by atoms with Crippen LogP contribution >= 0.6 is 0 Å². The molecule has 1 aliphatic carbocycles. The molecule has 1 N–H and O–H groups in total. The fourth-order valence-electron chi connectivity index (χ4n) is 4.27. The van der Waals surface area contributed by atoms with Crippen molar-refractivity contribution in [1.29, 1.82) is 0 Å². The molecule has 3 rings (SSSR count). The van der Waals surface area contributed by atoms with Crippen molar-refractivity contribution < 1.29 is 9.90 Å². The molecule has 0 aromatic carbocycles. The predicted octanol–water partition coefficient (Wildman–Crippen LogP) is 1.19. The summed E-state index contributed by atoms with van der Waals surface area (Å²) in [4.78, 5) is 16.8. The zero-order valence-electron chi connectivity index (χ0n) is 14.9. The van der Waals surface area contributed by atoms with Crippen LogP contribution in [-0.4, -0.2) is 68.9 Å². The molecule has 3 atom stereocenters. The minimum Gasteiger partial charge on any atom is -0.389 e. The largest absolute Gasteiger partial charge is 0.389 e. The number of rotatable bonds is 5. The predicted molar refractivity (Wildman–Crippen MR) is 92.5 cm³/mol. The summed E-state index contributed by atoms with van der Waals surface area (Å²) in [6, 6.07) is 2.12. The first kappa shape index (κ1) is 17.4. The van der Waals surface area contributed by atoms with Crippen molar-refractivity contribution in [2.45, 2.75) is 63.1 Å². The third-order valence-corrected chi connectivity index (χ3v) is 5.81. The van der Waals surface area contributed by atoms with Gasteiger partial charge in [0.1, 0.15) is 0 Å². The van der Waals surface area contributed by atoms with E-state index >= 15 is 0 Å². The first-order chi connectivity index (χ1) is 11.6. The molecule has 134 valence electrons. The number of carbonyl (C=O) groups excluding carboxylic acids is 1. The number of likely N-dealkylation sites (tertiary alicyclic amines) is 1. The van der Waals surface area contributed by atoms with E-state index in [-0.39, 0.29) is 18.0 Å². The molecular formula is C18H30N4O2. The minimum absolute atomic E-state index is 0.0524. The molecule has 1 amide bonds. The molecule has 2 aliphatic rings. The summed E-state index contributed by atoms with van der Waals surface area (Å²) in [5.74, 6) is 0.113. The Labute approximate surface area is 144 Å². The van der Waals surface area contributed by atoms with Crippen LogP contribution in [0.4, 0.5) is 0 Å². The molecule has 0 unspecified atom stereocenters.